The van der Waals surface area contributed by atoms with Crippen LogP contribution in [0.4, 0.5) is 17.6 Å². The van der Waals surface area contributed by atoms with Gasteiger partial charge in [0.05, 0.1) is 18.2 Å². The number of likely N-dealkylation sites (tertiary alicyclic amines) is 1. The van der Waals surface area contributed by atoms with Gasteiger partial charge in [0.15, 0.2) is 0 Å². The van der Waals surface area contributed by atoms with Gasteiger partial charge in [-0.25, -0.2) is 4.39 Å². The number of aromatic nitrogens is 1. The zero-order chi connectivity index (χ0) is 23.8. The molecule has 2 aliphatic rings. The van der Waals surface area contributed by atoms with Gasteiger partial charge in [-0.15, -0.1) is 0 Å². The molecule has 2 saturated heterocycles. The predicted octanol–water partition coefficient (Wildman–Crippen LogP) is 4.20. The van der Waals surface area contributed by atoms with E-state index in [1.165, 1.54) is 30.2 Å². The van der Waals surface area contributed by atoms with E-state index in [2.05, 4.69) is 4.98 Å². The van der Waals surface area contributed by atoms with E-state index in [1.807, 2.05) is 6.07 Å². The van der Waals surface area contributed by atoms with E-state index in [0.717, 1.165) is 12.3 Å². The maximum Gasteiger partial charge on any atom is 0.433 e. The number of alkyl halides is 4. The molecule has 1 aromatic heterocycles. The van der Waals surface area contributed by atoms with Crippen LogP contribution in [-0.4, -0.2) is 49.2 Å². The number of pyridine rings is 1. The molecule has 3 heterocycles. The molecular formula is C23H21F4N3O3. The van der Waals surface area contributed by atoms with Crippen LogP contribution in [0.25, 0.3) is 0 Å². The fraction of sp³-hybridized carbons (Fsp3) is 0.435. The fourth-order valence-electron chi connectivity index (χ4n) is 4.26. The van der Waals surface area contributed by atoms with E-state index in [4.69, 9.17) is 9.47 Å². The third-order valence-corrected chi connectivity index (χ3v) is 6.18. The van der Waals surface area contributed by atoms with Crippen molar-refractivity contribution < 1.29 is 31.8 Å². The van der Waals surface area contributed by atoms with Gasteiger partial charge in [0.25, 0.3) is 5.91 Å². The summed E-state index contributed by atoms with van der Waals surface area (Å²) in [6, 6.07) is 7.12. The van der Waals surface area contributed by atoms with Crippen LogP contribution < -0.4 is 4.74 Å². The first-order valence-corrected chi connectivity index (χ1v) is 10.4. The molecule has 174 valence electrons. The highest BCUT2D eigenvalue weighted by Gasteiger charge is 2.42. The van der Waals surface area contributed by atoms with Gasteiger partial charge in [-0.2, -0.15) is 18.4 Å². The largest absolute Gasteiger partial charge is 0.495 e. The number of methoxy groups -OCH3 is 1. The molecule has 0 radical (unpaired) electrons. The molecule has 1 amide bonds. The lowest BCUT2D eigenvalue weighted by Crippen LogP contribution is -2.49. The molecule has 0 aliphatic carbocycles. The Balaban J connectivity index is 1.60. The first kappa shape index (κ1) is 23.0. The fourth-order valence-corrected chi connectivity index (χ4v) is 4.26. The van der Waals surface area contributed by atoms with Crippen molar-refractivity contribution in [1.82, 2.24) is 9.88 Å². The summed E-state index contributed by atoms with van der Waals surface area (Å²) in [6.07, 6.45) is -3.22. The van der Waals surface area contributed by atoms with E-state index in [1.54, 1.807) is 0 Å². The number of amides is 1. The molecule has 0 atom stereocenters. The molecule has 0 spiro atoms. The van der Waals surface area contributed by atoms with E-state index in [9.17, 15) is 23.2 Å². The van der Waals surface area contributed by atoms with Gasteiger partial charge in [-0.1, -0.05) is 12.1 Å². The summed E-state index contributed by atoms with van der Waals surface area (Å²) < 4.78 is 64.7. The Morgan fingerprint density at radius 1 is 1.24 bits per heavy atom. The van der Waals surface area contributed by atoms with Crippen LogP contribution in [0.2, 0.25) is 0 Å². The van der Waals surface area contributed by atoms with Crippen molar-refractivity contribution in [2.24, 2.45) is 0 Å². The lowest BCUT2D eigenvalue weighted by molar-refractivity contribution is -0.141. The summed E-state index contributed by atoms with van der Waals surface area (Å²) in [5.41, 5.74) is -1.92. The number of halogens is 4. The number of nitriles is 1. The predicted molar refractivity (Wildman–Crippen MR) is 108 cm³/mol. The second-order valence-electron chi connectivity index (χ2n) is 8.14. The Morgan fingerprint density at radius 2 is 1.94 bits per heavy atom. The van der Waals surface area contributed by atoms with Gasteiger partial charge in [-0.05, 0) is 17.7 Å². The van der Waals surface area contributed by atoms with Crippen molar-refractivity contribution in [2.45, 2.75) is 30.6 Å². The van der Waals surface area contributed by atoms with Gasteiger partial charge in [0.2, 0.25) is 0 Å². The van der Waals surface area contributed by atoms with Crippen LogP contribution in [0, 0.1) is 11.3 Å². The summed E-state index contributed by atoms with van der Waals surface area (Å²) in [4.78, 5) is 18.4. The van der Waals surface area contributed by atoms with Crippen LogP contribution in [0.3, 0.4) is 0 Å². The van der Waals surface area contributed by atoms with Crippen LogP contribution in [0.5, 0.6) is 5.75 Å². The van der Waals surface area contributed by atoms with Gasteiger partial charge in [-0.3, -0.25) is 9.78 Å². The second kappa shape index (κ2) is 8.63. The van der Waals surface area contributed by atoms with Crippen LogP contribution in [-0.2, 0) is 16.6 Å². The first-order valence-electron chi connectivity index (χ1n) is 10.4. The number of hydrogen-bond acceptors (Lipinski definition) is 5. The molecule has 6 nitrogen and oxygen atoms in total. The minimum atomic E-state index is -4.52. The highest BCUT2D eigenvalue weighted by atomic mass is 19.4. The van der Waals surface area contributed by atoms with Crippen molar-refractivity contribution in [3.63, 3.8) is 0 Å². The number of hydrogen-bond donors (Lipinski definition) is 0. The van der Waals surface area contributed by atoms with E-state index >= 15 is 4.39 Å². The summed E-state index contributed by atoms with van der Waals surface area (Å²) in [7, 11) is 1.32. The monoisotopic (exact) mass is 463 g/mol. The number of ether oxygens (including phenoxy) is 2. The van der Waals surface area contributed by atoms with Gasteiger partial charge < -0.3 is 14.4 Å². The van der Waals surface area contributed by atoms with Crippen LogP contribution in [0.1, 0.15) is 51.5 Å². The van der Waals surface area contributed by atoms with Crippen molar-refractivity contribution >= 4 is 5.91 Å². The van der Waals surface area contributed by atoms with Crippen LogP contribution in [0.15, 0.2) is 30.5 Å². The van der Waals surface area contributed by atoms with Crippen molar-refractivity contribution in [2.75, 3.05) is 33.4 Å². The first-order chi connectivity index (χ1) is 15.7. The Morgan fingerprint density at radius 3 is 2.48 bits per heavy atom. The molecule has 10 heteroatoms. The van der Waals surface area contributed by atoms with Gasteiger partial charge in [0.1, 0.15) is 23.2 Å². The summed E-state index contributed by atoms with van der Waals surface area (Å²) >= 11 is 0. The minimum Gasteiger partial charge on any atom is -0.495 e. The molecule has 0 saturated carbocycles. The molecule has 2 aromatic rings. The summed E-state index contributed by atoms with van der Waals surface area (Å²) in [5, 5.41) is 9.45. The Labute approximate surface area is 187 Å². The van der Waals surface area contributed by atoms with E-state index in [0.29, 0.717) is 5.56 Å². The molecule has 0 N–H and O–H groups in total. The maximum atomic E-state index is 15.8. The average molecular weight is 463 g/mol. The molecule has 0 unspecified atom stereocenters. The summed E-state index contributed by atoms with van der Waals surface area (Å²) in [6.45, 7) is 0.875. The zero-order valence-corrected chi connectivity index (χ0v) is 17.8. The van der Waals surface area contributed by atoms with Crippen molar-refractivity contribution in [3.05, 3.63) is 58.4 Å². The molecular weight excluding hydrogens is 442 g/mol. The molecule has 0 bridgehead atoms. The molecule has 33 heavy (non-hydrogen) atoms. The van der Waals surface area contributed by atoms with Gasteiger partial charge >= 0.3 is 6.18 Å². The van der Waals surface area contributed by atoms with E-state index in [-0.39, 0.29) is 67.5 Å². The third-order valence-electron chi connectivity index (χ3n) is 6.18. The quantitative estimate of drug-likeness (QED) is 0.636. The van der Waals surface area contributed by atoms with Crippen molar-refractivity contribution in [1.29, 1.82) is 5.26 Å². The number of carbonyl (C=O) groups is 1. The number of rotatable bonds is 4. The van der Waals surface area contributed by atoms with Crippen molar-refractivity contribution in [3.8, 4) is 11.8 Å². The highest BCUT2D eigenvalue weighted by Crippen LogP contribution is 2.43. The highest BCUT2D eigenvalue weighted by molar-refractivity contribution is 6.00. The normalized spacial score (nSPS) is 18.4. The number of benzene rings is 1. The molecule has 2 aliphatic heterocycles. The molecule has 1 aromatic carbocycles. The standard InChI is InChI=1S/C23H21F4N3O3/c1-32-20-14(10-28)2-4-17(22(24)6-8-33-9-7-22)19(20)21(31)30-12-16(13-30)15-3-5-18(29-11-15)23(25,26)27/h2-5,11,16H,6-9,12-13H2,1H3. The SMILES string of the molecule is COc1c(C#N)ccc(C2(F)CCOCC2)c1C(=O)N1CC(c2ccc(C(F)(F)F)nc2)C1. The smallest absolute Gasteiger partial charge is 0.433 e. The average Bonchev–Trinajstić information content (AvgIpc) is 2.77. The van der Waals surface area contributed by atoms with Gasteiger partial charge in [0, 0.05) is 56.8 Å². The van der Waals surface area contributed by atoms with Crippen LogP contribution >= 0.6 is 0 Å². The molecule has 2 fully saturated rings. The summed E-state index contributed by atoms with van der Waals surface area (Å²) in [5.74, 6) is -0.665. The van der Waals surface area contributed by atoms with E-state index < -0.39 is 23.4 Å². The third kappa shape index (κ3) is 4.25. The number of nitrogens with zero attached hydrogens (tertiary/aromatic N) is 3. The lowest BCUT2D eigenvalue weighted by atomic mass is 9.82. The maximum absolute atomic E-state index is 15.8. The Kier molecular flexibility index (Phi) is 6.01. The lowest BCUT2D eigenvalue weighted by Gasteiger charge is -2.41. The number of carbonyl (C=O) groups excluding carboxylic acids is 1. The second-order valence-corrected chi connectivity index (χ2v) is 8.14. The minimum absolute atomic E-state index is 0.00458. The molecule has 4 rings (SSSR count). The zero-order valence-electron chi connectivity index (χ0n) is 17.8. The topological polar surface area (TPSA) is 75.5 Å². The Bertz CT molecular complexity index is 1080. The Hall–Kier alpha value is -3.19.